The molecule has 0 amide bonds. The summed E-state index contributed by atoms with van der Waals surface area (Å²) in [5.41, 5.74) is 0. The van der Waals surface area contributed by atoms with Gasteiger partial charge in [0.1, 0.15) is 0 Å². The van der Waals surface area contributed by atoms with Crippen LogP contribution in [-0.2, 0) is 4.79 Å². The first kappa shape index (κ1) is 13.4. The zero-order valence-corrected chi connectivity index (χ0v) is 8.57. The van der Waals surface area contributed by atoms with E-state index in [1.165, 1.54) is 12.8 Å². The van der Waals surface area contributed by atoms with E-state index < -0.39 is 12.1 Å². The molecule has 1 fully saturated rings. The number of halogens is 3. The van der Waals surface area contributed by atoms with Crippen molar-refractivity contribution in [3.05, 3.63) is 12.3 Å². The van der Waals surface area contributed by atoms with E-state index in [2.05, 4.69) is 15.5 Å². The maximum atomic E-state index is 10.6. The van der Waals surface area contributed by atoms with Gasteiger partial charge in [0, 0.05) is 0 Å². The smallest absolute Gasteiger partial charge is 0.475 e. The van der Waals surface area contributed by atoms with E-state index in [4.69, 9.17) is 14.3 Å². The first-order chi connectivity index (χ1) is 7.91. The number of carboxylic acids is 1. The van der Waals surface area contributed by atoms with Gasteiger partial charge in [0.2, 0.25) is 12.3 Å². The van der Waals surface area contributed by atoms with Gasteiger partial charge in [-0.2, -0.15) is 13.2 Å². The molecule has 1 aromatic rings. The lowest BCUT2D eigenvalue weighted by molar-refractivity contribution is -0.192. The highest BCUT2D eigenvalue weighted by Gasteiger charge is 2.38. The fourth-order valence-electron chi connectivity index (χ4n) is 1.23. The molecule has 17 heavy (non-hydrogen) atoms. The van der Waals surface area contributed by atoms with Crippen LogP contribution in [0.4, 0.5) is 13.2 Å². The number of rotatable bonds is 1. The van der Waals surface area contributed by atoms with Crippen LogP contribution in [0.15, 0.2) is 10.8 Å². The molecule has 1 atom stereocenters. The summed E-state index contributed by atoms with van der Waals surface area (Å²) >= 11 is 0. The van der Waals surface area contributed by atoms with E-state index >= 15 is 0 Å². The monoisotopic (exact) mass is 253 g/mol. The van der Waals surface area contributed by atoms with Gasteiger partial charge in [-0.15, -0.1) is 10.2 Å². The highest BCUT2D eigenvalue weighted by atomic mass is 19.4. The molecule has 1 saturated heterocycles. The Kier molecular flexibility index (Phi) is 4.44. The Bertz CT molecular complexity index is 347. The van der Waals surface area contributed by atoms with E-state index in [0.717, 1.165) is 18.9 Å². The summed E-state index contributed by atoms with van der Waals surface area (Å²) in [7, 11) is 0. The van der Waals surface area contributed by atoms with Crippen LogP contribution in [0.3, 0.4) is 0 Å². The van der Waals surface area contributed by atoms with Crippen molar-refractivity contribution in [2.75, 3.05) is 6.54 Å². The van der Waals surface area contributed by atoms with Crippen molar-refractivity contribution in [1.29, 1.82) is 0 Å². The second-order valence-electron chi connectivity index (χ2n) is 3.23. The van der Waals surface area contributed by atoms with E-state index in [1.807, 2.05) is 0 Å². The lowest BCUT2D eigenvalue weighted by Crippen LogP contribution is -2.21. The first-order valence-electron chi connectivity index (χ1n) is 4.71. The van der Waals surface area contributed by atoms with E-state index in [-0.39, 0.29) is 0 Å². The molecule has 0 radical (unpaired) electrons. The predicted octanol–water partition coefficient (Wildman–Crippen LogP) is 1.13. The summed E-state index contributed by atoms with van der Waals surface area (Å²) in [4.78, 5) is 8.90. The number of carboxylic acid groups (broad SMARTS) is 1. The van der Waals surface area contributed by atoms with Gasteiger partial charge in [-0.05, 0) is 19.4 Å². The second kappa shape index (κ2) is 5.62. The van der Waals surface area contributed by atoms with Crippen molar-refractivity contribution < 1.29 is 27.5 Å². The number of carbonyl (C=O) groups is 1. The van der Waals surface area contributed by atoms with Crippen LogP contribution in [0.2, 0.25) is 0 Å². The number of hydrogen-bond acceptors (Lipinski definition) is 5. The van der Waals surface area contributed by atoms with Gasteiger partial charge in [0.05, 0.1) is 6.04 Å². The average molecular weight is 253 g/mol. The largest absolute Gasteiger partial charge is 0.490 e. The molecule has 0 aromatic carbocycles. The molecule has 0 saturated carbocycles. The number of aliphatic carboxylic acids is 1. The minimum atomic E-state index is -5.08. The van der Waals surface area contributed by atoms with Crippen LogP contribution >= 0.6 is 0 Å². The Hall–Kier alpha value is -1.64. The minimum absolute atomic E-state index is 0.308. The summed E-state index contributed by atoms with van der Waals surface area (Å²) in [5, 5.41) is 17.8. The van der Waals surface area contributed by atoms with Gasteiger partial charge in [-0.25, -0.2) is 4.79 Å². The lowest BCUT2D eigenvalue weighted by Gasteiger charge is -2.01. The summed E-state index contributed by atoms with van der Waals surface area (Å²) in [5.74, 6) is -2.04. The fourth-order valence-corrected chi connectivity index (χ4v) is 1.23. The molecule has 6 nitrogen and oxygen atoms in total. The van der Waals surface area contributed by atoms with Gasteiger partial charge < -0.3 is 14.8 Å². The molecule has 0 spiro atoms. The molecule has 2 N–H and O–H groups in total. The van der Waals surface area contributed by atoms with E-state index in [0.29, 0.717) is 6.04 Å². The summed E-state index contributed by atoms with van der Waals surface area (Å²) in [6.07, 6.45) is -1.40. The summed E-state index contributed by atoms with van der Waals surface area (Å²) < 4.78 is 36.8. The number of nitrogens with one attached hydrogen (secondary N) is 1. The molecule has 1 aliphatic rings. The zero-order chi connectivity index (χ0) is 12.9. The Morgan fingerprint density at radius 3 is 2.59 bits per heavy atom. The number of nitrogens with zero attached hydrogens (tertiary/aromatic N) is 2. The van der Waals surface area contributed by atoms with Crippen LogP contribution in [0.5, 0.6) is 0 Å². The van der Waals surface area contributed by atoms with Crippen molar-refractivity contribution in [3.8, 4) is 0 Å². The summed E-state index contributed by atoms with van der Waals surface area (Å²) in [6, 6.07) is 0.308. The summed E-state index contributed by atoms with van der Waals surface area (Å²) in [6.45, 7) is 1.06. The van der Waals surface area contributed by atoms with Crippen molar-refractivity contribution in [1.82, 2.24) is 15.5 Å². The van der Waals surface area contributed by atoms with E-state index in [1.54, 1.807) is 0 Å². The maximum absolute atomic E-state index is 10.6. The third kappa shape index (κ3) is 4.39. The molecule has 1 unspecified atom stereocenters. The van der Waals surface area contributed by atoms with Crippen molar-refractivity contribution in [3.63, 3.8) is 0 Å². The number of alkyl halides is 3. The SMILES string of the molecule is O=C(O)C(F)(F)F.c1nnc(C2CCCN2)o1. The van der Waals surface area contributed by atoms with Crippen LogP contribution < -0.4 is 5.32 Å². The standard InChI is InChI=1S/C6H9N3O.C2HF3O2/c1-2-5(7-3-1)6-9-8-4-10-6;3-2(4,5)1(6)7/h4-5,7H,1-3H2;(H,6,7). The fraction of sp³-hybridized carbons (Fsp3) is 0.625. The molecule has 2 heterocycles. The predicted molar refractivity (Wildman–Crippen MR) is 48.0 cm³/mol. The highest BCUT2D eigenvalue weighted by molar-refractivity contribution is 5.73. The Morgan fingerprint density at radius 2 is 2.24 bits per heavy atom. The number of aromatic nitrogens is 2. The highest BCUT2D eigenvalue weighted by Crippen LogP contribution is 2.19. The zero-order valence-electron chi connectivity index (χ0n) is 8.57. The first-order valence-corrected chi connectivity index (χ1v) is 4.71. The third-order valence-electron chi connectivity index (χ3n) is 1.98. The van der Waals surface area contributed by atoms with Gasteiger partial charge in [-0.3, -0.25) is 0 Å². The van der Waals surface area contributed by atoms with Gasteiger partial charge in [-0.1, -0.05) is 0 Å². The Labute approximate surface area is 93.8 Å². The minimum Gasteiger partial charge on any atom is -0.475 e. The second-order valence-corrected chi connectivity index (χ2v) is 3.23. The van der Waals surface area contributed by atoms with Crippen LogP contribution in [0, 0.1) is 0 Å². The molecule has 96 valence electrons. The van der Waals surface area contributed by atoms with Crippen LogP contribution in [0.25, 0.3) is 0 Å². The Balaban J connectivity index is 0.000000185. The maximum Gasteiger partial charge on any atom is 0.490 e. The molecule has 2 rings (SSSR count). The molecule has 9 heteroatoms. The third-order valence-corrected chi connectivity index (χ3v) is 1.98. The molecular weight excluding hydrogens is 243 g/mol. The van der Waals surface area contributed by atoms with E-state index in [9.17, 15) is 13.2 Å². The molecule has 1 aromatic heterocycles. The van der Waals surface area contributed by atoms with Crippen molar-refractivity contribution in [2.45, 2.75) is 25.1 Å². The number of hydrogen-bond donors (Lipinski definition) is 2. The average Bonchev–Trinajstić information content (AvgIpc) is 2.90. The quantitative estimate of drug-likeness (QED) is 0.779. The lowest BCUT2D eigenvalue weighted by atomic mass is 10.2. The van der Waals surface area contributed by atoms with Crippen molar-refractivity contribution in [2.24, 2.45) is 0 Å². The Morgan fingerprint density at radius 1 is 1.59 bits per heavy atom. The normalized spacial score (nSPS) is 19.6. The topological polar surface area (TPSA) is 88.2 Å². The molecular formula is C8H10F3N3O3. The molecule has 0 bridgehead atoms. The van der Waals surface area contributed by atoms with Crippen LogP contribution in [-0.4, -0.2) is 34.0 Å². The van der Waals surface area contributed by atoms with Gasteiger partial charge in [0.25, 0.3) is 0 Å². The van der Waals surface area contributed by atoms with Gasteiger partial charge >= 0.3 is 12.1 Å². The van der Waals surface area contributed by atoms with Gasteiger partial charge in [0.15, 0.2) is 0 Å². The molecule has 1 aliphatic heterocycles. The molecule has 0 aliphatic carbocycles. The van der Waals surface area contributed by atoms with Crippen LogP contribution in [0.1, 0.15) is 24.8 Å². The van der Waals surface area contributed by atoms with Crippen molar-refractivity contribution >= 4 is 5.97 Å².